The van der Waals surface area contributed by atoms with Gasteiger partial charge in [-0.2, -0.15) is 13.2 Å². The first-order chi connectivity index (χ1) is 6.27. The molecule has 0 fully saturated rings. The number of hydrogen-bond donors (Lipinski definition) is 2. The Kier molecular flexibility index (Phi) is 2.41. The summed E-state index contributed by atoms with van der Waals surface area (Å²) >= 11 is 0. The topological polar surface area (TPSA) is 59.1 Å². The van der Waals surface area contributed by atoms with E-state index in [1.165, 1.54) is 12.1 Å². The average Bonchev–Trinajstić information content (AvgIpc) is 2.02. The van der Waals surface area contributed by atoms with Crippen LogP contribution in [0.1, 0.15) is 12.6 Å². The molecule has 3 nitrogen and oxygen atoms in total. The molecule has 6 heteroatoms. The Hall–Kier alpha value is -1.30. The molecule has 3 N–H and O–H groups in total. The van der Waals surface area contributed by atoms with Crippen LogP contribution in [0, 0.1) is 0 Å². The summed E-state index contributed by atoms with van der Waals surface area (Å²) in [6, 6.07) is 2.65. The molecule has 0 bridgehead atoms. The number of nitrogen functional groups attached to an aromatic ring is 1. The second-order valence-corrected chi connectivity index (χ2v) is 3.01. The molecule has 78 valence electrons. The van der Waals surface area contributed by atoms with Crippen LogP contribution in [0.4, 0.5) is 18.9 Å². The average molecular weight is 206 g/mol. The van der Waals surface area contributed by atoms with Gasteiger partial charge in [0.1, 0.15) is 5.69 Å². The monoisotopic (exact) mass is 206 g/mol. The molecule has 0 unspecified atom stereocenters. The van der Waals surface area contributed by atoms with Crippen LogP contribution >= 0.6 is 0 Å². The van der Waals surface area contributed by atoms with Crippen LogP contribution < -0.4 is 5.73 Å². The zero-order chi connectivity index (χ0) is 11.0. The molecule has 0 amide bonds. The summed E-state index contributed by atoms with van der Waals surface area (Å²) in [6.45, 7) is 0.617. The maximum absolute atomic E-state index is 12.4. The van der Waals surface area contributed by atoms with Gasteiger partial charge in [0.2, 0.25) is 5.60 Å². The zero-order valence-electron chi connectivity index (χ0n) is 7.34. The van der Waals surface area contributed by atoms with Crippen LogP contribution in [0.2, 0.25) is 0 Å². The van der Waals surface area contributed by atoms with Gasteiger partial charge in [0.05, 0.1) is 5.69 Å². The van der Waals surface area contributed by atoms with Crippen molar-refractivity contribution in [3.63, 3.8) is 0 Å². The van der Waals surface area contributed by atoms with Gasteiger partial charge in [-0.3, -0.25) is 4.98 Å². The van der Waals surface area contributed by atoms with E-state index in [9.17, 15) is 18.3 Å². The van der Waals surface area contributed by atoms with Crippen molar-refractivity contribution in [3.05, 3.63) is 24.0 Å². The van der Waals surface area contributed by atoms with Crippen molar-refractivity contribution in [2.75, 3.05) is 5.73 Å². The summed E-state index contributed by atoms with van der Waals surface area (Å²) in [5.74, 6) is 0. The summed E-state index contributed by atoms with van der Waals surface area (Å²) < 4.78 is 37.1. The summed E-state index contributed by atoms with van der Waals surface area (Å²) in [5.41, 5.74) is 1.50. The highest BCUT2D eigenvalue weighted by Crippen LogP contribution is 2.39. The lowest BCUT2D eigenvalue weighted by Gasteiger charge is -2.26. The molecule has 1 heterocycles. The van der Waals surface area contributed by atoms with Crippen molar-refractivity contribution in [1.29, 1.82) is 0 Å². The molecule has 1 rings (SSSR count). The van der Waals surface area contributed by atoms with Gasteiger partial charge in [0.15, 0.2) is 0 Å². The Morgan fingerprint density at radius 2 is 2.00 bits per heavy atom. The van der Waals surface area contributed by atoms with Gasteiger partial charge in [-0.15, -0.1) is 0 Å². The number of halogens is 3. The Morgan fingerprint density at radius 1 is 1.43 bits per heavy atom. The molecule has 14 heavy (non-hydrogen) atoms. The minimum atomic E-state index is -4.80. The molecule has 1 atom stereocenters. The van der Waals surface area contributed by atoms with Crippen molar-refractivity contribution >= 4 is 5.69 Å². The summed E-state index contributed by atoms with van der Waals surface area (Å²) in [5, 5.41) is 9.24. The fourth-order valence-electron chi connectivity index (χ4n) is 0.959. The molecule has 0 aromatic carbocycles. The van der Waals surface area contributed by atoms with Gasteiger partial charge in [-0.05, 0) is 19.1 Å². The standard InChI is InChI=1S/C8H9F3N2O/c1-7(14,8(9,10)11)6-5(12)3-2-4-13-6/h2-4,14H,12H2,1H3/t7-/m1/s1. The number of alkyl halides is 3. The molecule has 1 aromatic heterocycles. The van der Waals surface area contributed by atoms with Crippen LogP contribution in [0.15, 0.2) is 18.3 Å². The lowest BCUT2D eigenvalue weighted by Crippen LogP contribution is -2.40. The van der Waals surface area contributed by atoms with Crippen molar-refractivity contribution in [2.24, 2.45) is 0 Å². The van der Waals surface area contributed by atoms with Crippen LogP contribution in [-0.4, -0.2) is 16.3 Å². The van der Waals surface area contributed by atoms with E-state index in [1.54, 1.807) is 0 Å². The highest BCUT2D eigenvalue weighted by atomic mass is 19.4. The lowest BCUT2D eigenvalue weighted by molar-refractivity contribution is -0.260. The van der Waals surface area contributed by atoms with Gasteiger partial charge in [-0.1, -0.05) is 0 Å². The number of nitrogens with zero attached hydrogens (tertiary/aromatic N) is 1. The number of rotatable bonds is 1. The minimum Gasteiger partial charge on any atom is -0.397 e. The van der Waals surface area contributed by atoms with Gasteiger partial charge >= 0.3 is 6.18 Å². The van der Waals surface area contributed by atoms with Crippen LogP contribution in [0.5, 0.6) is 0 Å². The van der Waals surface area contributed by atoms with Crippen molar-refractivity contribution in [1.82, 2.24) is 4.98 Å². The number of aromatic nitrogens is 1. The number of nitrogens with two attached hydrogens (primary N) is 1. The van der Waals surface area contributed by atoms with Gasteiger partial charge in [0.25, 0.3) is 0 Å². The number of pyridine rings is 1. The number of anilines is 1. The molecule has 0 aliphatic heterocycles. The van der Waals surface area contributed by atoms with Crippen LogP contribution in [0.3, 0.4) is 0 Å². The predicted molar refractivity (Wildman–Crippen MR) is 44.3 cm³/mol. The molecule has 0 saturated heterocycles. The smallest absolute Gasteiger partial charge is 0.397 e. The molecule has 0 spiro atoms. The third kappa shape index (κ3) is 1.65. The number of hydrogen-bond acceptors (Lipinski definition) is 3. The highest BCUT2D eigenvalue weighted by Gasteiger charge is 2.53. The Labute approximate surface area is 78.4 Å². The summed E-state index contributed by atoms with van der Waals surface area (Å²) in [7, 11) is 0. The fourth-order valence-corrected chi connectivity index (χ4v) is 0.959. The third-order valence-electron chi connectivity index (χ3n) is 1.85. The van der Waals surface area contributed by atoms with E-state index in [2.05, 4.69) is 4.98 Å². The first-order valence-electron chi connectivity index (χ1n) is 3.77. The second-order valence-electron chi connectivity index (χ2n) is 3.01. The molecule has 1 aromatic rings. The highest BCUT2D eigenvalue weighted by molar-refractivity contribution is 5.45. The van der Waals surface area contributed by atoms with Crippen LogP contribution in [-0.2, 0) is 5.60 Å². The zero-order valence-corrected chi connectivity index (χ0v) is 7.34. The maximum atomic E-state index is 12.4. The molecule has 0 saturated carbocycles. The van der Waals surface area contributed by atoms with E-state index < -0.39 is 17.5 Å². The molecule has 0 aliphatic rings. The van der Waals surface area contributed by atoms with E-state index in [-0.39, 0.29) is 5.69 Å². The first-order valence-corrected chi connectivity index (χ1v) is 3.77. The summed E-state index contributed by atoms with van der Waals surface area (Å²) in [4.78, 5) is 3.42. The first kappa shape index (κ1) is 10.8. The molecular weight excluding hydrogens is 197 g/mol. The van der Waals surface area contributed by atoms with Crippen molar-refractivity contribution in [2.45, 2.75) is 18.7 Å². The van der Waals surface area contributed by atoms with Gasteiger partial charge in [0, 0.05) is 6.20 Å². The maximum Gasteiger partial charge on any atom is 0.422 e. The normalized spacial score (nSPS) is 16.4. The van der Waals surface area contributed by atoms with Crippen molar-refractivity contribution < 1.29 is 18.3 Å². The van der Waals surface area contributed by atoms with E-state index >= 15 is 0 Å². The quantitative estimate of drug-likeness (QED) is 0.730. The largest absolute Gasteiger partial charge is 0.422 e. The fraction of sp³-hybridized carbons (Fsp3) is 0.375. The Bertz CT molecular complexity index is 336. The SMILES string of the molecule is C[C@@](O)(c1ncccc1N)C(F)(F)F. The van der Waals surface area contributed by atoms with Gasteiger partial charge < -0.3 is 10.8 Å². The summed E-state index contributed by atoms with van der Waals surface area (Å²) in [6.07, 6.45) is -3.65. The Morgan fingerprint density at radius 3 is 2.43 bits per heavy atom. The lowest BCUT2D eigenvalue weighted by atomic mass is 10.00. The van der Waals surface area contributed by atoms with E-state index in [4.69, 9.17) is 5.73 Å². The van der Waals surface area contributed by atoms with Crippen LogP contribution in [0.25, 0.3) is 0 Å². The van der Waals surface area contributed by atoms with E-state index in [1.807, 2.05) is 0 Å². The Balaban J connectivity index is 3.23. The molecular formula is C8H9F3N2O. The minimum absolute atomic E-state index is 0.185. The number of aliphatic hydroxyl groups is 1. The van der Waals surface area contributed by atoms with Crippen molar-refractivity contribution in [3.8, 4) is 0 Å². The van der Waals surface area contributed by atoms with Gasteiger partial charge in [-0.25, -0.2) is 0 Å². The molecule has 0 radical (unpaired) electrons. The van der Waals surface area contributed by atoms with E-state index in [0.717, 1.165) is 6.20 Å². The predicted octanol–water partition coefficient (Wildman–Crippen LogP) is 1.43. The van der Waals surface area contributed by atoms with E-state index in [0.29, 0.717) is 6.92 Å². The third-order valence-corrected chi connectivity index (χ3v) is 1.85. The molecule has 0 aliphatic carbocycles. The second kappa shape index (κ2) is 3.13.